The van der Waals surface area contributed by atoms with Crippen molar-refractivity contribution < 1.29 is 20.8 Å². The third-order valence-electron chi connectivity index (χ3n) is 13.0. The average molecular weight is 1040 g/mol. The fourth-order valence-electron chi connectivity index (χ4n) is 10.0. The number of halogens is 2. The van der Waals surface area contributed by atoms with Crippen molar-refractivity contribution in [1.29, 1.82) is 0 Å². The van der Waals surface area contributed by atoms with E-state index in [2.05, 4.69) is 242 Å². The van der Waals surface area contributed by atoms with Crippen LogP contribution < -0.4 is 10.4 Å². The number of hydrogen-bond acceptors (Lipinski definition) is 0. The normalized spacial score (nSPS) is 11.3. The van der Waals surface area contributed by atoms with E-state index in [1.165, 1.54) is 110 Å². The number of aryl methyl sites for hydroxylation is 2. The molecule has 0 aromatic heterocycles. The number of benzene rings is 8. The van der Waals surface area contributed by atoms with E-state index in [-0.39, 0.29) is 0 Å². The molecule has 10 aromatic carbocycles. The van der Waals surface area contributed by atoms with E-state index in [1.54, 1.807) is 0 Å². The Bertz CT molecular complexity index is 3050. The van der Waals surface area contributed by atoms with Gasteiger partial charge in [0, 0.05) is 0 Å². The molecule has 0 amide bonds. The summed E-state index contributed by atoms with van der Waals surface area (Å²) in [5.74, 6) is 1.34. The molecule has 0 saturated carbocycles. The molecule has 0 unspecified atom stereocenters. The van der Waals surface area contributed by atoms with E-state index in [9.17, 15) is 0 Å². The van der Waals surface area contributed by atoms with Crippen LogP contribution in [-0.4, -0.2) is 9.52 Å². The van der Waals surface area contributed by atoms with Gasteiger partial charge in [-0.25, -0.2) is 0 Å². The molecule has 11 rings (SSSR count). The van der Waals surface area contributed by atoms with Gasteiger partial charge in [-0.05, 0) is 82.0 Å². The maximum Gasteiger partial charge on any atom is 0.0920 e. The molecule has 70 heavy (non-hydrogen) atoms. The molecule has 350 valence electrons. The zero-order valence-electron chi connectivity index (χ0n) is 41.3. The Labute approximate surface area is 439 Å². The van der Waals surface area contributed by atoms with E-state index in [1.807, 2.05) is 6.07 Å². The Balaban J connectivity index is 0.000000144. The summed E-state index contributed by atoms with van der Waals surface area (Å²) >= 11 is -0.826. The summed E-state index contributed by atoms with van der Waals surface area (Å²) < 4.78 is 0. The largest absolute Gasteiger partial charge is 0.184 e. The fourth-order valence-corrected chi connectivity index (χ4v) is 11.3. The minimum absolute atomic E-state index is 0.668. The predicted octanol–water partition coefficient (Wildman–Crippen LogP) is 17.8. The molecule has 0 saturated heterocycles. The van der Waals surface area contributed by atoms with Gasteiger partial charge >= 0.3 is 37.9 Å². The molecule has 0 bridgehead atoms. The number of fused-ring (bicyclic) bond motifs is 5. The van der Waals surface area contributed by atoms with Crippen molar-refractivity contribution in [3.63, 3.8) is 0 Å². The molecule has 0 fully saturated rings. The SMILES string of the molecule is CCc1ccccc1-c1c(-c2ccccc2)ccc2[cH-]c(CC(C)C)cc12.CCc1ccccc1-c1c(-c2ccccc2)ccc2[cH-]c(CC(C)C)cc12.[Cl][Zr][Cl].[c-]1cccc2c1[Si]c1ccccc1-2. The molecular formula is C66H61Cl2SiZr-3. The first kappa shape index (κ1) is 51.0. The third kappa shape index (κ3) is 12.0. The van der Waals surface area contributed by atoms with Crippen LogP contribution in [0, 0.1) is 17.9 Å². The van der Waals surface area contributed by atoms with Crippen molar-refractivity contribution >= 4 is 58.5 Å². The van der Waals surface area contributed by atoms with Crippen molar-refractivity contribution in [2.75, 3.05) is 0 Å². The van der Waals surface area contributed by atoms with E-state index in [0.717, 1.165) is 35.2 Å². The van der Waals surface area contributed by atoms with Gasteiger partial charge in [0.2, 0.25) is 0 Å². The van der Waals surface area contributed by atoms with Crippen molar-refractivity contribution in [3.8, 4) is 55.6 Å². The summed E-state index contributed by atoms with van der Waals surface area (Å²) in [7, 11) is 10.7. The van der Waals surface area contributed by atoms with Crippen LogP contribution >= 0.6 is 17.0 Å². The van der Waals surface area contributed by atoms with E-state index < -0.39 is 20.8 Å². The van der Waals surface area contributed by atoms with Crippen molar-refractivity contribution in [2.24, 2.45) is 11.8 Å². The smallest absolute Gasteiger partial charge is 0.0920 e. The second kappa shape index (κ2) is 24.7. The first-order valence-electron chi connectivity index (χ1n) is 24.8. The molecule has 0 atom stereocenters. The van der Waals surface area contributed by atoms with Gasteiger partial charge in [0.05, 0.1) is 9.52 Å². The van der Waals surface area contributed by atoms with Crippen LogP contribution in [0.2, 0.25) is 0 Å². The second-order valence-electron chi connectivity index (χ2n) is 18.9. The van der Waals surface area contributed by atoms with Gasteiger partial charge in [-0.3, -0.25) is 0 Å². The topological polar surface area (TPSA) is 0 Å². The molecule has 0 spiro atoms. The van der Waals surface area contributed by atoms with Gasteiger partial charge < -0.3 is 0 Å². The van der Waals surface area contributed by atoms with Crippen LogP contribution in [0.1, 0.15) is 63.8 Å². The Hall–Kier alpha value is -5.34. The molecular weight excluding hydrogens is 983 g/mol. The van der Waals surface area contributed by atoms with Crippen LogP contribution in [0.4, 0.5) is 0 Å². The van der Waals surface area contributed by atoms with Gasteiger partial charge in [-0.2, -0.15) is 41.6 Å². The van der Waals surface area contributed by atoms with Crippen LogP contribution in [-0.2, 0) is 46.5 Å². The Morgan fingerprint density at radius 2 is 0.886 bits per heavy atom. The molecule has 1 heterocycles. The molecule has 4 heteroatoms. The Kier molecular flexibility index (Phi) is 18.0. The quantitative estimate of drug-likeness (QED) is 0.0946. The summed E-state index contributed by atoms with van der Waals surface area (Å²) in [5, 5.41) is 8.29. The predicted molar refractivity (Wildman–Crippen MR) is 304 cm³/mol. The molecule has 1 aliphatic rings. The van der Waals surface area contributed by atoms with Gasteiger partial charge in [-0.1, -0.05) is 209 Å². The molecule has 0 aliphatic carbocycles. The molecule has 10 aromatic rings. The summed E-state index contributed by atoms with van der Waals surface area (Å²) in [5.41, 5.74) is 19.2. The first-order valence-corrected chi connectivity index (χ1v) is 32.1. The second-order valence-corrected chi connectivity index (χ2v) is 23.9. The van der Waals surface area contributed by atoms with Gasteiger partial charge in [0.25, 0.3) is 0 Å². The first-order chi connectivity index (χ1) is 34.2. The summed E-state index contributed by atoms with van der Waals surface area (Å²) in [6.07, 6.45) is 4.34. The average Bonchev–Trinajstić information content (AvgIpc) is 4.11. The van der Waals surface area contributed by atoms with Gasteiger partial charge in [0.1, 0.15) is 0 Å². The zero-order valence-corrected chi connectivity index (χ0v) is 46.3. The summed E-state index contributed by atoms with van der Waals surface area (Å²) in [6.45, 7) is 13.7. The van der Waals surface area contributed by atoms with Crippen LogP contribution in [0.15, 0.2) is 200 Å². The molecule has 2 radical (unpaired) electrons. The maximum atomic E-state index is 4.93. The number of rotatable bonds is 10. The van der Waals surface area contributed by atoms with Crippen LogP contribution in [0.25, 0.3) is 77.2 Å². The standard InChI is InChI=1S/2C27H27.C12H7Si.2ClH.Zr/c2*1-4-21-10-8-9-13-24(21)27-25(22-11-6-5-7-12-22)15-14-23-17-20(16-19(2)3)18-26(23)27;1-3-7-11-9(5-1)10-6-2-4-8-12(10)13-11;;;/h2*5-15,17-19H,4,16H2,1-3H3;1-7H;2*1H;/q3*-1;;;+2/p-2. The number of hydrogen-bond donors (Lipinski definition) is 0. The fraction of sp³-hybridized carbons (Fsp3) is 0.182. The van der Waals surface area contributed by atoms with Gasteiger partial charge in [0.15, 0.2) is 0 Å². The van der Waals surface area contributed by atoms with Crippen molar-refractivity contribution in [1.82, 2.24) is 0 Å². The molecule has 0 N–H and O–H groups in total. The monoisotopic (exact) mass is 1040 g/mol. The van der Waals surface area contributed by atoms with E-state index in [0.29, 0.717) is 11.8 Å². The summed E-state index contributed by atoms with van der Waals surface area (Å²) in [6, 6.07) is 76.3. The van der Waals surface area contributed by atoms with Crippen molar-refractivity contribution in [2.45, 2.75) is 67.2 Å². The van der Waals surface area contributed by atoms with Crippen LogP contribution in [0.5, 0.6) is 0 Å². The van der Waals surface area contributed by atoms with E-state index in [4.69, 9.17) is 17.0 Å². The Morgan fingerprint density at radius 3 is 1.34 bits per heavy atom. The summed E-state index contributed by atoms with van der Waals surface area (Å²) in [4.78, 5) is 0. The third-order valence-corrected chi connectivity index (χ3v) is 14.4. The molecule has 0 nitrogen and oxygen atoms in total. The molecule has 1 aliphatic heterocycles. The van der Waals surface area contributed by atoms with E-state index >= 15 is 0 Å². The maximum absolute atomic E-state index is 4.93. The minimum atomic E-state index is -0.826. The van der Waals surface area contributed by atoms with Gasteiger partial charge in [-0.15, -0.1) is 62.5 Å². The minimum Gasteiger partial charge on any atom is -0.184 e. The Morgan fingerprint density at radius 1 is 0.471 bits per heavy atom. The zero-order chi connectivity index (χ0) is 49.0. The van der Waals surface area contributed by atoms with Crippen molar-refractivity contribution in [3.05, 3.63) is 229 Å². The van der Waals surface area contributed by atoms with Crippen LogP contribution in [0.3, 0.4) is 0 Å².